The molecule has 0 amide bonds. The summed E-state index contributed by atoms with van der Waals surface area (Å²) in [7, 11) is 0. The number of aldehydes is 2. The molecule has 0 N–H and O–H groups in total. The third-order valence-corrected chi connectivity index (χ3v) is 7.07. The molecule has 0 saturated heterocycles. The van der Waals surface area contributed by atoms with Crippen LogP contribution in [-0.4, -0.2) is 37.4 Å². The van der Waals surface area contributed by atoms with E-state index >= 15 is 0 Å². The zero-order valence-corrected chi connectivity index (χ0v) is 22.4. The fourth-order valence-electron chi connectivity index (χ4n) is 4.69. The van der Waals surface area contributed by atoms with Crippen molar-refractivity contribution >= 4 is 24.1 Å². The lowest BCUT2D eigenvalue weighted by Crippen LogP contribution is -2.31. The summed E-state index contributed by atoms with van der Waals surface area (Å²) in [6.07, 6.45) is 16.9. The van der Waals surface area contributed by atoms with Gasteiger partial charge < -0.3 is 19.1 Å². The highest BCUT2D eigenvalue weighted by Crippen LogP contribution is 2.40. The van der Waals surface area contributed by atoms with E-state index in [1.165, 1.54) is 0 Å². The van der Waals surface area contributed by atoms with E-state index in [0.29, 0.717) is 49.8 Å². The minimum absolute atomic E-state index is 0.126. The zero-order valence-electron chi connectivity index (χ0n) is 22.4. The average molecular weight is 519 g/mol. The van der Waals surface area contributed by atoms with Crippen molar-refractivity contribution in [1.82, 2.24) is 0 Å². The van der Waals surface area contributed by atoms with E-state index in [2.05, 4.69) is 13.8 Å². The monoisotopic (exact) mass is 518 g/mol. The number of Topliss-reactive ketones (excluding diaryl/α,β-unsaturated/α-hetero) is 2. The Morgan fingerprint density at radius 3 is 1.42 bits per heavy atom. The molecule has 6 heteroatoms. The molecule has 2 aliphatic rings. The van der Waals surface area contributed by atoms with E-state index in [9.17, 15) is 19.2 Å². The fourth-order valence-corrected chi connectivity index (χ4v) is 4.69. The topological polar surface area (TPSA) is 86.7 Å². The summed E-state index contributed by atoms with van der Waals surface area (Å²) in [4.78, 5) is 46.0. The smallest absolute Gasteiger partial charge is 0.169 e. The van der Waals surface area contributed by atoms with Crippen molar-refractivity contribution in [1.29, 1.82) is 0 Å². The molecule has 2 aliphatic carbocycles. The molecule has 6 nitrogen and oxygen atoms in total. The van der Waals surface area contributed by atoms with Crippen LogP contribution in [-0.2, 0) is 39.9 Å². The number of carbonyl (C=O) groups excluding carboxylic acids is 4. The molecule has 202 valence electrons. The molecular formula is C32H38O6. The number of rotatable bonds is 16. The van der Waals surface area contributed by atoms with Crippen molar-refractivity contribution in [2.45, 2.75) is 76.4 Å². The largest absolute Gasteiger partial charge is 0.366 e. The normalized spacial score (nSPS) is 22.5. The molecule has 0 fully saturated rings. The van der Waals surface area contributed by atoms with Gasteiger partial charge in [-0.3, -0.25) is 9.59 Å². The number of carbonyl (C=O) groups is 4. The third kappa shape index (κ3) is 7.00. The average Bonchev–Trinajstić information content (AvgIpc) is 2.94. The minimum Gasteiger partial charge on any atom is -0.366 e. The zero-order chi connectivity index (χ0) is 27.4. The summed E-state index contributed by atoms with van der Waals surface area (Å²) in [5.74, 6) is -0.383. The van der Waals surface area contributed by atoms with Gasteiger partial charge in [-0.25, -0.2) is 0 Å². The van der Waals surface area contributed by atoms with E-state index in [4.69, 9.17) is 9.47 Å². The Kier molecular flexibility index (Phi) is 10.9. The highest BCUT2D eigenvalue weighted by atomic mass is 16.5. The summed E-state index contributed by atoms with van der Waals surface area (Å²) in [6, 6.07) is 8.14. The molecule has 1 aromatic rings. The van der Waals surface area contributed by atoms with E-state index in [1.807, 2.05) is 48.6 Å². The van der Waals surface area contributed by atoms with Crippen LogP contribution in [0.3, 0.4) is 0 Å². The molecule has 0 aromatic heterocycles. The highest BCUT2D eigenvalue weighted by Gasteiger charge is 2.35. The summed E-state index contributed by atoms with van der Waals surface area (Å²) in [5.41, 5.74) is 1.59. The van der Waals surface area contributed by atoms with Gasteiger partial charge in [-0.1, -0.05) is 75.3 Å². The maximum absolute atomic E-state index is 12.2. The molecule has 0 radical (unpaired) electrons. The third-order valence-electron chi connectivity index (χ3n) is 7.07. The van der Waals surface area contributed by atoms with Gasteiger partial charge in [0.15, 0.2) is 11.6 Å². The highest BCUT2D eigenvalue weighted by molar-refractivity contribution is 6.05. The number of hydrogen-bond donors (Lipinski definition) is 0. The van der Waals surface area contributed by atoms with Crippen molar-refractivity contribution in [2.24, 2.45) is 0 Å². The first kappa shape index (κ1) is 29.3. The fraction of sp³-hybridized carbons (Fsp3) is 0.438. The predicted molar refractivity (Wildman–Crippen MR) is 147 cm³/mol. The van der Waals surface area contributed by atoms with Crippen LogP contribution in [0, 0.1) is 0 Å². The van der Waals surface area contributed by atoms with Crippen LogP contribution in [0.2, 0.25) is 0 Å². The maximum atomic E-state index is 12.2. The summed E-state index contributed by atoms with van der Waals surface area (Å²) < 4.78 is 12.8. The minimum atomic E-state index is -0.703. The van der Waals surface area contributed by atoms with Crippen LogP contribution in [0.25, 0.3) is 0 Å². The maximum Gasteiger partial charge on any atom is 0.169 e. The van der Waals surface area contributed by atoms with E-state index in [0.717, 1.165) is 36.8 Å². The number of hydrogen-bond acceptors (Lipinski definition) is 6. The Labute approximate surface area is 225 Å². The van der Waals surface area contributed by atoms with Crippen LogP contribution in [0.5, 0.6) is 0 Å². The Bertz CT molecular complexity index is 1030. The molecule has 3 rings (SSSR count). The Morgan fingerprint density at radius 1 is 0.737 bits per heavy atom. The van der Waals surface area contributed by atoms with Gasteiger partial charge in [0.25, 0.3) is 0 Å². The Hall–Kier alpha value is -3.22. The number of allylic oxidation sites excluding steroid dienone is 4. The van der Waals surface area contributed by atoms with Crippen molar-refractivity contribution in [3.05, 3.63) is 83.0 Å². The molecule has 0 heterocycles. The van der Waals surface area contributed by atoms with Crippen molar-refractivity contribution in [3.63, 3.8) is 0 Å². The molecule has 2 atom stereocenters. The van der Waals surface area contributed by atoms with Crippen LogP contribution in [0.1, 0.15) is 76.3 Å². The van der Waals surface area contributed by atoms with Crippen molar-refractivity contribution in [2.75, 3.05) is 13.2 Å². The second kappa shape index (κ2) is 14.1. The number of ether oxygens (including phenoxy) is 2. The number of ketones is 2. The van der Waals surface area contributed by atoms with Crippen LogP contribution < -0.4 is 0 Å². The summed E-state index contributed by atoms with van der Waals surface area (Å²) in [6.45, 7) is 5.39. The lowest BCUT2D eigenvalue weighted by atomic mass is 9.80. The van der Waals surface area contributed by atoms with Gasteiger partial charge in [0, 0.05) is 37.2 Å². The molecule has 2 unspecified atom stereocenters. The van der Waals surface area contributed by atoms with Crippen molar-refractivity contribution in [3.8, 4) is 0 Å². The van der Waals surface area contributed by atoms with E-state index in [-0.39, 0.29) is 24.4 Å². The van der Waals surface area contributed by atoms with E-state index in [1.54, 1.807) is 12.2 Å². The molecule has 1 aromatic carbocycles. The second-order valence-electron chi connectivity index (χ2n) is 9.74. The number of benzene rings is 1. The van der Waals surface area contributed by atoms with Gasteiger partial charge in [0.2, 0.25) is 0 Å². The standard InChI is InChI=1S/C32H38O6/c1-3-5-23-37-31(17-11-25(12-18-31)29(35)15-21-33)27-7-9-28(10-8-27)32(38-24-6-4-2)19-13-26(14-20-32)30(36)16-22-34/h7-14,17,19,21-22H,3-6,15-16,18,20,23-24H2,1-2H3. The van der Waals surface area contributed by atoms with Crippen LogP contribution >= 0.6 is 0 Å². The van der Waals surface area contributed by atoms with E-state index < -0.39 is 11.2 Å². The van der Waals surface area contributed by atoms with Gasteiger partial charge >= 0.3 is 0 Å². The Morgan fingerprint density at radius 2 is 1.13 bits per heavy atom. The molecule has 0 spiro atoms. The van der Waals surface area contributed by atoms with Gasteiger partial charge in [-0.15, -0.1) is 0 Å². The van der Waals surface area contributed by atoms with Crippen LogP contribution in [0.4, 0.5) is 0 Å². The van der Waals surface area contributed by atoms with Gasteiger partial charge in [0.05, 0.1) is 12.8 Å². The predicted octanol–water partition coefficient (Wildman–Crippen LogP) is 5.80. The number of unbranched alkanes of at least 4 members (excludes halogenated alkanes) is 2. The Balaban J connectivity index is 1.89. The van der Waals surface area contributed by atoms with Gasteiger partial charge in [0.1, 0.15) is 23.8 Å². The first-order valence-electron chi connectivity index (χ1n) is 13.5. The van der Waals surface area contributed by atoms with Gasteiger partial charge in [-0.05, 0) is 36.1 Å². The van der Waals surface area contributed by atoms with Crippen molar-refractivity contribution < 1.29 is 28.7 Å². The first-order valence-corrected chi connectivity index (χ1v) is 13.5. The first-order chi connectivity index (χ1) is 18.4. The lowest BCUT2D eigenvalue weighted by Gasteiger charge is -2.35. The second-order valence-corrected chi connectivity index (χ2v) is 9.74. The lowest BCUT2D eigenvalue weighted by molar-refractivity contribution is -0.120. The quantitative estimate of drug-likeness (QED) is 0.156. The SMILES string of the molecule is CCCCOC1(c2ccc(C3(OCCCC)C=CC(C(=O)CC=O)=CC3)cc2)C=CC(C(=O)CC=O)=CC1. The molecule has 0 aliphatic heterocycles. The summed E-state index contributed by atoms with van der Waals surface area (Å²) in [5, 5.41) is 0. The van der Waals surface area contributed by atoms with Gasteiger partial charge in [-0.2, -0.15) is 0 Å². The summed E-state index contributed by atoms with van der Waals surface area (Å²) >= 11 is 0. The molecular weight excluding hydrogens is 480 g/mol. The van der Waals surface area contributed by atoms with Crippen LogP contribution in [0.15, 0.2) is 71.9 Å². The molecule has 0 bridgehead atoms. The molecule has 0 saturated carbocycles. The molecule has 38 heavy (non-hydrogen) atoms.